The van der Waals surface area contributed by atoms with Crippen LogP contribution in [0.2, 0.25) is 0 Å². The summed E-state index contributed by atoms with van der Waals surface area (Å²) in [7, 11) is 0. The van der Waals surface area contributed by atoms with Crippen LogP contribution in [0.1, 0.15) is 32.4 Å². The fourth-order valence-corrected chi connectivity index (χ4v) is 1.86. The van der Waals surface area contributed by atoms with Gasteiger partial charge in [-0.15, -0.1) is 6.42 Å². The molecule has 1 rings (SSSR count). The highest BCUT2D eigenvalue weighted by atomic mass is 79.9. The highest BCUT2D eigenvalue weighted by molar-refractivity contribution is 9.10. The maximum Gasteiger partial charge on any atom is 0.0745 e. The van der Waals surface area contributed by atoms with E-state index in [2.05, 4.69) is 46.2 Å². The number of hydrogen-bond donors (Lipinski definition) is 1. The predicted molar refractivity (Wildman–Crippen MR) is 68.6 cm³/mol. The molecule has 0 aromatic heterocycles. The quantitative estimate of drug-likeness (QED) is 0.825. The Morgan fingerprint density at radius 3 is 2.67 bits per heavy atom. The third-order valence-electron chi connectivity index (χ3n) is 2.29. The van der Waals surface area contributed by atoms with Crippen molar-refractivity contribution in [1.82, 2.24) is 5.32 Å². The molecule has 2 heteroatoms. The summed E-state index contributed by atoms with van der Waals surface area (Å²) in [5, 5.41) is 3.39. The molecule has 1 aromatic rings. The van der Waals surface area contributed by atoms with Crippen LogP contribution in [0, 0.1) is 12.3 Å². The molecule has 0 aliphatic carbocycles. The maximum atomic E-state index is 5.44. The monoisotopic (exact) mass is 265 g/mol. The SMILES string of the molecule is C#CC(C)(C)NC(C)c1cccc(Br)c1. The lowest BCUT2D eigenvalue weighted by Gasteiger charge is -2.25. The summed E-state index contributed by atoms with van der Waals surface area (Å²) in [6.45, 7) is 6.11. The minimum atomic E-state index is -0.276. The van der Waals surface area contributed by atoms with Gasteiger partial charge in [0.1, 0.15) is 0 Å². The normalized spacial score (nSPS) is 13.3. The molecule has 1 unspecified atom stereocenters. The summed E-state index contributed by atoms with van der Waals surface area (Å²) in [6.07, 6.45) is 5.44. The zero-order valence-electron chi connectivity index (χ0n) is 9.34. The third kappa shape index (κ3) is 3.70. The maximum absolute atomic E-state index is 5.44. The second-order valence-electron chi connectivity index (χ2n) is 4.19. The average molecular weight is 266 g/mol. The Morgan fingerprint density at radius 2 is 2.13 bits per heavy atom. The number of rotatable bonds is 3. The molecule has 0 aliphatic heterocycles. The number of terminal acetylenes is 1. The van der Waals surface area contributed by atoms with Crippen molar-refractivity contribution in [2.75, 3.05) is 0 Å². The van der Waals surface area contributed by atoms with Crippen LogP contribution < -0.4 is 5.32 Å². The molecule has 1 aromatic carbocycles. The minimum absolute atomic E-state index is 0.244. The summed E-state index contributed by atoms with van der Waals surface area (Å²) in [5.74, 6) is 2.73. The van der Waals surface area contributed by atoms with E-state index in [1.165, 1.54) is 5.56 Å². The molecule has 1 atom stereocenters. The molecule has 0 spiro atoms. The van der Waals surface area contributed by atoms with Gasteiger partial charge in [-0.3, -0.25) is 5.32 Å². The lowest BCUT2D eigenvalue weighted by atomic mass is 10.0. The van der Waals surface area contributed by atoms with Gasteiger partial charge in [0.25, 0.3) is 0 Å². The van der Waals surface area contributed by atoms with E-state index in [1.54, 1.807) is 0 Å². The lowest BCUT2D eigenvalue weighted by Crippen LogP contribution is -2.39. The summed E-state index contributed by atoms with van der Waals surface area (Å²) >= 11 is 3.46. The van der Waals surface area contributed by atoms with Gasteiger partial charge in [0.15, 0.2) is 0 Å². The number of benzene rings is 1. The zero-order valence-corrected chi connectivity index (χ0v) is 10.9. The van der Waals surface area contributed by atoms with E-state index in [1.807, 2.05) is 26.0 Å². The third-order valence-corrected chi connectivity index (χ3v) is 2.78. The van der Waals surface area contributed by atoms with Gasteiger partial charge in [-0.05, 0) is 38.5 Å². The van der Waals surface area contributed by atoms with Crippen LogP contribution >= 0.6 is 15.9 Å². The molecule has 0 saturated carbocycles. The smallest absolute Gasteiger partial charge is 0.0745 e. The molecule has 0 saturated heterocycles. The topological polar surface area (TPSA) is 12.0 Å². The zero-order chi connectivity index (χ0) is 11.5. The van der Waals surface area contributed by atoms with Gasteiger partial charge in [-0.2, -0.15) is 0 Å². The van der Waals surface area contributed by atoms with E-state index in [0.717, 1.165) is 4.47 Å². The van der Waals surface area contributed by atoms with Crippen molar-refractivity contribution in [3.8, 4) is 12.3 Å². The standard InChI is InChI=1S/C13H16BrN/c1-5-13(3,4)15-10(2)11-7-6-8-12(14)9-11/h1,6-10,15H,2-4H3. The Labute approximate surface area is 100 Å². The van der Waals surface area contributed by atoms with E-state index in [9.17, 15) is 0 Å². The molecule has 15 heavy (non-hydrogen) atoms. The van der Waals surface area contributed by atoms with Gasteiger partial charge < -0.3 is 0 Å². The van der Waals surface area contributed by atoms with Gasteiger partial charge in [-0.25, -0.2) is 0 Å². The van der Waals surface area contributed by atoms with Gasteiger partial charge in [0, 0.05) is 10.5 Å². The van der Waals surface area contributed by atoms with E-state index in [-0.39, 0.29) is 11.6 Å². The Kier molecular flexibility index (Phi) is 3.96. The molecular formula is C13H16BrN. The van der Waals surface area contributed by atoms with E-state index in [4.69, 9.17) is 6.42 Å². The molecule has 80 valence electrons. The Balaban J connectivity index is 2.78. The van der Waals surface area contributed by atoms with Crippen LogP contribution in [0.3, 0.4) is 0 Å². The fraction of sp³-hybridized carbons (Fsp3) is 0.385. The molecule has 0 amide bonds. The van der Waals surface area contributed by atoms with E-state index in [0.29, 0.717) is 0 Å². The van der Waals surface area contributed by atoms with E-state index >= 15 is 0 Å². The number of hydrogen-bond acceptors (Lipinski definition) is 1. The Bertz CT molecular complexity index is 376. The summed E-state index contributed by atoms with van der Waals surface area (Å²) in [5.41, 5.74) is 0.953. The first-order chi connectivity index (χ1) is 6.94. The summed E-state index contributed by atoms with van der Waals surface area (Å²) in [4.78, 5) is 0. The van der Waals surface area contributed by atoms with Crippen LogP contribution in [0.4, 0.5) is 0 Å². The van der Waals surface area contributed by atoms with Gasteiger partial charge in [-0.1, -0.05) is 34.0 Å². The molecule has 0 fully saturated rings. The van der Waals surface area contributed by atoms with Crippen molar-refractivity contribution in [3.05, 3.63) is 34.3 Å². The largest absolute Gasteiger partial charge is 0.295 e. The first-order valence-electron chi connectivity index (χ1n) is 4.95. The van der Waals surface area contributed by atoms with Crippen LogP contribution in [0.5, 0.6) is 0 Å². The van der Waals surface area contributed by atoms with Crippen molar-refractivity contribution in [2.45, 2.75) is 32.4 Å². The average Bonchev–Trinajstić information content (AvgIpc) is 2.17. The second-order valence-corrected chi connectivity index (χ2v) is 5.11. The molecule has 0 aliphatic rings. The molecule has 1 nitrogen and oxygen atoms in total. The first kappa shape index (κ1) is 12.3. The van der Waals surface area contributed by atoms with Crippen molar-refractivity contribution >= 4 is 15.9 Å². The van der Waals surface area contributed by atoms with Crippen molar-refractivity contribution < 1.29 is 0 Å². The molecule has 0 bridgehead atoms. The van der Waals surface area contributed by atoms with Gasteiger partial charge in [0.05, 0.1) is 5.54 Å². The summed E-state index contributed by atoms with van der Waals surface area (Å²) in [6, 6.07) is 8.48. The lowest BCUT2D eigenvalue weighted by molar-refractivity contribution is 0.431. The number of halogens is 1. The van der Waals surface area contributed by atoms with Gasteiger partial charge in [0.2, 0.25) is 0 Å². The predicted octanol–water partition coefficient (Wildman–Crippen LogP) is 3.51. The van der Waals surface area contributed by atoms with Crippen LogP contribution in [0.25, 0.3) is 0 Å². The van der Waals surface area contributed by atoms with Crippen LogP contribution in [-0.4, -0.2) is 5.54 Å². The Hall–Kier alpha value is -0.780. The van der Waals surface area contributed by atoms with Crippen molar-refractivity contribution in [3.63, 3.8) is 0 Å². The fourth-order valence-electron chi connectivity index (χ4n) is 1.44. The van der Waals surface area contributed by atoms with E-state index < -0.39 is 0 Å². The van der Waals surface area contributed by atoms with Crippen molar-refractivity contribution in [2.24, 2.45) is 0 Å². The number of nitrogens with one attached hydrogen (secondary N) is 1. The minimum Gasteiger partial charge on any atom is -0.295 e. The van der Waals surface area contributed by atoms with Crippen LogP contribution in [-0.2, 0) is 0 Å². The second kappa shape index (κ2) is 4.83. The Morgan fingerprint density at radius 1 is 1.47 bits per heavy atom. The van der Waals surface area contributed by atoms with Crippen molar-refractivity contribution in [1.29, 1.82) is 0 Å². The summed E-state index contributed by atoms with van der Waals surface area (Å²) < 4.78 is 1.09. The first-order valence-corrected chi connectivity index (χ1v) is 5.75. The highest BCUT2D eigenvalue weighted by Gasteiger charge is 2.17. The molecule has 1 N–H and O–H groups in total. The highest BCUT2D eigenvalue weighted by Crippen LogP contribution is 2.19. The molecule has 0 heterocycles. The van der Waals surface area contributed by atoms with Crippen LogP contribution in [0.15, 0.2) is 28.7 Å². The van der Waals surface area contributed by atoms with Gasteiger partial charge >= 0.3 is 0 Å². The molecule has 0 radical (unpaired) electrons. The molecular weight excluding hydrogens is 250 g/mol.